The molecule has 2 aliphatic heterocycles. The van der Waals surface area contributed by atoms with Crippen LogP contribution in [0.5, 0.6) is 0 Å². The molecule has 0 spiro atoms. The van der Waals surface area contributed by atoms with Gasteiger partial charge in [0.1, 0.15) is 4.21 Å². The highest BCUT2D eigenvalue weighted by Gasteiger charge is 2.46. The number of piperazine rings is 1. The number of amides is 2. The summed E-state index contributed by atoms with van der Waals surface area (Å²) in [5.41, 5.74) is 0. The summed E-state index contributed by atoms with van der Waals surface area (Å²) in [6, 6.07) is 2.99. The predicted molar refractivity (Wildman–Crippen MR) is 98.4 cm³/mol. The number of likely N-dealkylation sites (tertiary alicyclic amines) is 1. The zero-order valence-electron chi connectivity index (χ0n) is 15.2. The molecule has 0 radical (unpaired) electrons. The summed E-state index contributed by atoms with van der Waals surface area (Å²) in [4.78, 5) is 27.3. The van der Waals surface area contributed by atoms with Crippen molar-refractivity contribution in [3.05, 3.63) is 17.5 Å². The number of quaternary nitrogens is 1. The third kappa shape index (κ3) is 3.85. The van der Waals surface area contributed by atoms with Gasteiger partial charge in [-0.2, -0.15) is 4.31 Å². The van der Waals surface area contributed by atoms with E-state index in [1.807, 2.05) is 0 Å². The molecule has 2 saturated heterocycles. The van der Waals surface area contributed by atoms with Crippen molar-refractivity contribution in [1.29, 1.82) is 0 Å². The molecular formula is C17H26N3O4S2+. The number of carbonyl (C=O) groups is 2. The fourth-order valence-electron chi connectivity index (χ4n) is 3.52. The Bertz CT molecular complexity index is 753. The smallest absolute Gasteiger partial charge is 0.288 e. The molecule has 2 fully saturated rings. The van der Waals surface area contributed by atoms with Crippen molar-refractivity contribution in [1.82, 2.24) is 9.21 Å². The molecule has 2 aliphatic rings. The first kappa shape index (κ1) is 19.5. The van der Waals surface area contributed by atoms with Crippen molar-refractivity contribution < 1.29 is 22.9 Å². The van der Waals surface area contributed by atoms with Crippen LogP contribution in [0, 0.1) is 5.92 Å². The molecule has 0 aromatic carbocycles. The molecule has 1 atom stereocenters. The van der Waals surface area contributed by atoms with Gasteiger partial charge < -0.3 is 4.90 Å². The quantitative estimate of drug-likeness (QED) is 0.672. The zero-order valence-corrected chi connectivity index (χ0v) is 16.8. The number of hydrogen-bond donors (Lipinski definition) is 1. The maximum atomic E-state index is 12.6. The van der Waals surface area contributed by atoms with Crippen LogP contribution in [-0.2, 0) is 19.6 Å². The minimum absolute atomic E-state index is 0.0956. The zero-order chi connectivity index (χ0) is 18.9. The van der Waals surface area contributed by atoms with Crippen LogP contribution in [0.4, 0.5) is 0 Å². The van der Waals surface area contributed by atoms with Crippen LogP contribution < -0.4 is 4.90 Å². The van der Waals surface area contributed by atoms with E-state index in [1.54, 1.807) is 17.5 Å². The van der Waals surface area contributed by atoms with Gasteiger partial charge in [0.15, 0.2) is 6.04 Å². The number of rotatable bonds is 6. The van der Waals surface area contributed by atoms with Gasteiger partial charge in [-0.3, -0.25) is 14.5 Å². The molecule has 3 heterocycles. The molecule has 0 unspecified atom stereocenters. The number of hydrogen-bond acceptors (Lipinski definition) is 5. The molecular weight excluding hydrogens is 374 g/mol. The molecule has 2 amide bonds. The Kier molecular flexibility index (Phi) is 5.81. The van der Waals surface area contributed by atoms with E-state index < -0.39 is 10.0 Å². The van der Waals surface area contributed by atoms with Crippen molar-refractivity contribution in [3.8, 4) is 0 Å². The van der Waals surface area contributed by atoms with Gasteiger partial charge >= 0.3 is 0 Å². The number of thiophene rings is 1. The third-order valence-corrected chi connectivity index (χ3v) is 8.39. The van der Waals surface area contributed by atoms with Crippen LogP contribution in [0.25, 0.3) is 0 Å². The second-order valence-corrected chi connectivity index (χ2v) is 10.4. The first-order chi connectivity index (χ1) is 12.3. The molecule has 26 heavy (non-hydrogen) atoms. The van der Waals surface area contributed by atoms with E-state index >= 15 is 0 Å². The van der Waals surface area contributed by atoms with Gasteiger partial charge in [-0.1, -0.05) is 19.9 Å². The number of nitrogens with one attached hydrogen (secondary N) is 1. The van der Waals surface area contributed by atoms with Crippen molar-refractivity contribution in [2.45, 2.75) is 36.9 Å². The van der Waals surface area contributed by atoms with E-state index in [2.05, 4.69) is 13.8 Å². The van der Waals surface area contributed by atoms with Crippen LogP contribution in [-0.4, -0.2) is 68.2 Å². The van der Waals surface area contributed by atoms with Crippen LogP contribution in [0.2, 0.25) is 0 Å². The maximum Gasteiger partial charge on any atom is 0.288 e. The highest BCUT2D eigenvalue weighted by atomic mass is 32.2. The highest BCUT2D eigenvalue weighted by molar-refractivity contribution is 7.91. The Balaban J connectivity index is 1.60. The van der Waals surface area contributed by atoms with E-state index in [0.717, 1.165) is 11.3 Å². The summed E-state index contributed by atoms with van der Waals surface area (Å²) in [6.07, 6.45) is 1.05. The molecule has 3 rings (SSSR count). The van der Waals surface area contributed by atoms with Gasteiger partial charge in [-0.25, -0.2) is 8.42 Å². The molecule has 0 aliphatic carbocycles. The summed E-state index contributed by atoms with van der Waals surface area (Å²) in [7, 11) is -3.44. The molecule has 1 N–H and O–H groups in total. The lowest BCUT2D eigenvalue weighted by molar-refractivity contribution is -0.918. The molecule has 0 saturated carbocycles. The monoisotopic (exact) mass is 400 g/mol. The van der Waals surface area contributed by atoms with Crippen LogP contribution in [0.1, 0.15) is 26.7 Å². The van der Waals surface area contributed by atoms with Gasteiger partial charge in [0.2, 0.25) is 5.91 Å². The minimum atomic E-state index is -3.44. The fraction of sp³-hybridized carbons (Fsp3) is 0.647. The van der Waals surface area contributed by atoms with E-state index in [-0.39, 0.29) is 24.3 Å². The van der Waals surface area contributed by atoms with E-state index in [0.29, 0.717) is 42.9 Å². The molecule has 1 aromatic rings. The van der Waals surface area contributed by atoms with Gasteiger partial charge in [0.25, 0.3) is 15.9 Å². The summed E-state index contributed by atoms with van der Waals surface area (Å²) < 4.78 is 27.0. The lowest BCUT2D eigenvalue weighted by Crippen LogP contribution is -3.19. The Hall–Kier alpha value is -1.29. The highest BCUT2D eigenvalue weighted by Crippen LogP contribution is 2.21. The van der Waals surface area contributed by atoms with Gasteiger partial charge in [-0.15, -0.1) is 11.3 Å². The van der Waals surface area contributed by atoms with Crippen LogP contribution in [0.3, 0.4) is 0 Å². The summed E-state index contributed by atoms with van der Waals surface area (Å²) in [5, 5.41) is 1.75. The number of nitrogens with zero attached hydrogens (tertiary/aromatic N) is 2. The molecule has 144 valence electrons. The first-order valence-electron chi connectivity index (χ1n) is 9.03. The number of imide groups is 1. The van der Waals surface area contributed by atoms with E-state index in [4.69, 9.17) is 0 Å². The summed E-state index contributed by atoms with van der Waals surface area (Å²) >= 11 is 1.22. The molecule has 9 heteroatoms. The SMILES string of the molecule is CC(C)CCN1C(=O)C[C@@H]([NH+]2CCN(S(=O)(=O)c3cccs3)CC2)C1=O. The Morgan fingerprint density at radius 3 is 2.54 bits per heavy atom. The summed E-state index contributed by atoms with van der Waals surface area (Å²) in [6.45, 7) is 6.47. The number of carbonyl (C=O) groups excluding carboxylic acids is 2. The van der Waals surface area contributed by atoms with Crippen LogP contribution in [0.15, 0.2) is 21.7 Å². The standard InChI is InChI=1S/C17H25N3O4S2/c1-13(2)5-6-20-15(21)12-14(17(20)22)18-7-9-19(10-8-18)26(23,24)16-4-3-11-25-16/h3-4,11,13-14H,5-10,12H2,1-2H3/p+1/t14-/m1/s1. The van der Waals surface area contributed by atoms with E-state index in [1.165, 1.54) is 20.5 Å². The molecule has 0 bridgehead atoms. The Labute approximate surface area is 158 Å². The lowest BCUT2D eigenvalue weighted by Gasteiger charge is -2.33. The number of sulfonamides is 1. The van der Waals surface area contributed by atoms with Crippen molar-refractivity contribution in [2.24, 2.45) is 5.92 Å². The lowest BCUT2D eigenvalue weighted by atomic mass is 10.1. The second kappa shape index (κ2) is 7.75. The minimum Gasteiger partial charge on any atom is -0.322 e. The van der Waals surface area contributed by atoms with Crippen molar-refractivity contribution in [3.63, 3.8) is 0 Å². The maximum absolute atomic E-state index is 12.6. The largest absolute Gasteiger partial charge is 0.322 e. The van der Waals surface area contributed by atoms with Crippen molar-refractivity contribution in [2.75, 3.05) is 32.7 Å². The fourth-order valence-corrected chi connectivity index (χ4v) is 6.11. The predicted octanol–water partition coefficient (Wildman–Crippen LogP) is -0.189. The van der Waals surface area contributed by atoms with Gasteiger partial charge in [0.05, 0.1) is 32.6 Å². The summed E-state index contributed by atoms with van der Waals surface area (Å²) in [5.74, 6) is 0.245. The first-order valence-corrected chi connectivity index (χ1v) is 11.3. The second-order valence-electron chi connectivity index (χ2n) is 7.32. The average Bonchev–Trinajstić information content (AvgIpc) is 3.23. The van der Waals surface area contributed by atoms with E-state index in [9.17, 15) is 18.0 Å². The normalized spacial score (nSPS) is 23.3. The average molecular weight is 401 g/mol. The van der Waals surface area contributed by atoms with Gasteiger partial charge in [-0.05, 0) is 23.8 Å². The van der Waals surface area contributed by atoms with Crippen molar-refractivity contribution >= 4 is 33.2 Å². The topological polar surface area (TPSA) is 79.2 Å². The van der Waals surface area contributed by atoms with Crippen LogP contribution >= 0.6 is 11.3 Å². The molecule has 7 nitrogen and oxygen atoms in total. The Morgan fingerprint density at radius 2 is 1.96 bits per heavy atom. The molecule has 1 aromatic heterocycles. The third-order valence-electron chi connectivity index (χ3n) is 5.12. The van der Waals surface area contributed by atoms with Gasteiger partial charge in [0, 0.05) is 6.54 Å². The Morgan fingerprint density at radius 1 is 1.27 bits per heavy atom.